The Bertz CT molecular complexity index is 150. The lowest BCUT2D eigenvalue weighted by Gasteiger charge is -2.39. The van der Waals surface area contributed by atoms with Crippen LogP contribution in [-0.2, 0) is 9.47 Å². The first kappa shape index (κ1) is 9.92. The number of hydrogen-bond acceptors (Lipinski definition) is 4. The first-order valence-electron chi connectivity index (χ1n) is 4.12. The minimum atomic E-state index is -0.855. The smallest absolute Gasteiger partial charge is 0.111 e. The highest BCUT2D eigenvalue weighted by Gasteiger charge is 2.40. The first-order chi connectivity index (χ1) is 5.57. The second-order valence-electron chi connectivity index (χ2n) is 3.23. The molecule has 0 bridgehead atoms. The number of rotatable bonds is 1. The maximum atomic E-state index is 9.52. The van der Waals surface area contributed by atoms with Crippen LogP contribution in [0, 0.1) is 0 Å². The summed E-state index contributed by atoms with van der Waals surface area (Å²) in [6.07, 6.45) is -2.65. The van der Waals surface area contributed by atoms with Crippen LogP contribution in [0.3, 0.4) is 0 Å². The SMILES string of the molecule is CO[C@@H]1[C@H](O)[C@@H](O)[C@H](C)O[C@H]1C. The van der Waals surface area contributed by atoms with E-state index in [9.17, 15) is 10.2 Å². The second-order valence-corrected chi connectivity index (χ2v) is 3.23. The zero-order chi connectivity index (χ0) is 9.30. The summed E-state index contributed by atoms with van der Waals surface area (Å²) in [6, 6.07) is 0. The Labute approximate surface area is 72.1 Å². The number of aliphatic hydroxyl groups excluding tert-OH is 2. The largest absolute Gasteiger partial charge is 0.388 e. The summed E-state index contributed by atoms with van der Waals surface area (Å²) in [4.78, 5) is 0. The Kier molecular flexibility index (Phi) is 3.06. The van der Waals surface area contributed by atoms with Gasteiger partial charge in [-0.3, -0.25) is 0 Å². The van der Waals surface area contributed by atoms with Gasteiger partial charge < -0.3 is 19.7 Å². The summed E-state index contributed by atoms with van der Waals surface area (Å²) in [7, 11) is 1.50. The van der Waals surface area contributed by atoms with E-state index in [0.717, 1.165) is 0 Å². The van der Waals surface area contributed by atoms with Crippen molar-refractivity contribution in [3.8, 4) is 0 Å². The lowest BCUT2D eigenvalue weighted by Crippen LogP contribution is -2.56. The third kappa shape index (κ3) is 1.61. The molecule has 0 aromatic rings. The third-order valence-electron chi connectivity index (χ3n) is 2.33. The van der Waals surface area contributed by atoms with Gasteiger partial charge in [0.1, 0.15) is 18.3 Å². The van der Waals surface area contributed by atoms with Gasteiger partial charge in [-0.2, -0.15) is 0 Å². The summed E-state index contributed by atoms with van der Waals surface area (Å²) in [5.74, 6) is 0. The molecule has 0 spiro atoms. The van der Waals surface area contributed by atoms with Crippen LogP contribution in [0.2, 0.25) is 0 Å². The van der Waals surface area contributed by atoms with E-state index in [1.807, 2.05) is 6.92 Å². The van der Waals surface area contributed by atoms with Gasteiger partial charge in [-0.1, -0.05) is 0 Å². The quantitative estimate of drug-likeness (QED) is 0.567. The molecule has 0 aliphatic carbocycles. The summed E-state index contributed by atoms with van der Waals surface area (Å²) in [5, 5.41) is 18.9. The van der Waals surface area contributed by atoms with Crippen LogP contribution in [0.5, 0.6) is 0 Å². The molecule has 4 heteroatoms. The average molecular weight is 176 g/mol. The van der Waals surface area contributed by atoms with Crippen LogP contribution in [0.25, 0.3) is 0 Å². The van der Waals surface area contributed by atoms with Gasteiger partial charge in [0.2, 0.25) is 0 Å². The lowest BCUT2D eigenvalue weighted by atomic mass is 9.96. The van der Waals surface area contributed by atoms with Crippen LogP contribution >= 0.6 is 0 Å². The fourth-order valence-electron chi connectivity index (χ4n) is 1.58. The van der Waals surface area contributed by atoms with Gasteiger partial charge in [-0.25, -0.2) is 0 Å². The van der Waals surface area contributed by atoms with Crippen LogP contribution in [-0.4, -0.2) is 47.8 Å². The molecule has 12 heavy (non-hydrogen) atoms. The zero-order valence-corrected chi connectivity index (χ0v) is 7.60. The van der Waals surface area contributed by atoms with E-state index >= 15 is 0 Å². The van der Waals surface area contributed by atoms with Gasteiger partial charge in [-0.05, 0) is 13.8 Å². The van der Waals surface area contributed by atoms with E-state index in [-0.39, 0.29) is 12.2 Å². The molecule has 0 aromatic carbocycles. The van der Waals surface area contributed by atoms with Gasteiger partial charge in [-0.15, -0.1) is 0 Å². The van der Waals surface area contributed by atoms with Crippen LogP contribution in [0.15, 0.2) is 0 Å². The molecule has 0 saturated carbocycles. The highest BCUT2D eigenvalue weighted by atomic mass is 16.6. The molecule has 1 aliphatic heterocycles. The predicted molar refractivity (Wildman–Crippen MR) is 42.8 cm³/mol. The maximum Gasteiger partial charge on any atom is 0.111 e. The van der Waals surface area contributed by atoms with Gasteiger partial charge in [0.25, 0.3) is 0 Å². The fraction of sp³-hybridized carbons (Fsp3) is 1.00. The van der Waals surface area contributed by atoms with E-state index in [2.05, 4.69) is 0 Å². The van der Waals surface area contributed by atoms with E-state index in [4.69, 9.17) is 9.47 Å². The number of aliphatic hydroxyl groups is 2. The van der Waals surface area contributed by atoms with Gasteiger partial charge >= 0.3 is 0 Å². The third-order valence-corrected chi connectivity index (χ3v) is 2.33. The Morgan fingerprint density at radius 3 is 2.17 bits per heavy atom. The van der Waals surface area contributed by atoms with E-state index in [0.29, 0.717) is 0 Å². The van der Waals surface area contributed by atoms with E-state index in [1.54, 1.807) is 6.92 Å². The standard InChI is InChI=1S/C8H16O4/c1-4-6(9)7(10)8(11-3)5(2)12-4/h4-10H,1-3H3/t4-,5-,6-,7+,8-/m0/s1. The van der Waals surface area contributed by atoms with Crippen molar-refractivity contribution in [2.75, 3.05) is 7.11 Å². The molecule has 1 rings (SSSR count). The van der Waals surface area contributed by atoms with Crippen LogP contribution in [0.1, 0.15) is 13.8 Å². The average Bonchev–Trinajstić information content (AvgIpc) is 2.01. The van der Waals surface area contributed by atoms with Crippen molar-refractivity contribution in [3.63, 3.8) is 0 Å². The van der Waals surface area contributed by atoms with Crippen LogP contribution in [0.4, 0.5) is 0 Å². The van der Waals surface area contributed by atoms with Crippen molar-refractivity contribution in [2.24, 2.45) is 0 Å². The minimum Gasteiger partial charge on any atom is -0.388 e. The molecule has 1 saturated heterocycles. The minimum absolute atomic E-state index is 0.177. The summed E-state index contributed by atoms with van der Waals surface area (Å²) >= 11 is 0. The molecule has 1 aliphatic rings. The van der Waals surface area contributed by atoms with Crippen molar-refractivity contribution in [2.45, 2.75) is 44.4 Å². The highest BCUT2D eigenvalue weighted by molar-refractivity contribution is 4.89. The molecule has 4 nitrogen and oxygen atoms in total. The Morgan fingerprint density at radius 1 is 1.08 bits per heavy atom. The molecule has 0 radical (unpaired) electrons. The molecule has 0 amide bonds. The molecule has 1 fully saturated rings. The van der Waals surface area contributed by atoms with E-state index < -0.39 is 18.3 Å². The molecule has 2 N–H and O–H groups in total. The van der Waals surface area contributed by atoms with Gasteiger partial charge in [0, 0.05) is 7.11 Å². The second kappa shape index (κ2) is 3.70. The van der Waals surface area contributed by atoms with Gasteiger partial charge in [0.05, 0.1) is 12.2 Å². The lowest BCUT2D eigenvalue weighted by molar-refractivity contribution is -0.219. The molecule has 0 aromatic heterocycles. The predicted octanol–water partition coefficient (Wildman–Crippen LogP) is -0.470. The normalized spacial score (nSPS) is 49.2. The van der Waals surface area contributed by atoms with Crippen molar-refractivity contribution in [1.29, 1.82) is 0 Å². The summed E-state index contributed by atoms with van der Waals surface area (Å²) in [5.41, 5.74) is 0. The summed E-state index contributed by atoms with van der Waals surface area (Å²) in [6.45, 7) is 3.55. The summed E-state index contributed by atoms with van der Waals surface area (Å²) < 4.78 is 10.3. The van der Waals surface area contributed by atoms with Crippen molar-refractivity contribution in [3.05, 3.63) is 0 Å². The molecule has 5 atom stereocenters. The van der Waals surface area contributed by atoms with Crippen molar-refractivity contribution >= 4 is 0 Å². The highest BCUT2D eigenvalue weighted by Crippen LogP contribution is 2.22. The molecular formula is C8H16O4. The number of methoxy groups -OCH3 is 1. The fourth-order valence-corrected chi connectivity index (χ4v) is 1.58. The monoisotopic (exact) mass is 176 g/mol. The van der Waals surface area contributed by atoms with Crippen molar-refractivity contribution < 1.29 is 19.7 Å². The van der Waals surface area contributed by atoms with Crippen LogP contribution < -0.4 is 0 Å². The van der Waals surface area contributed by atoms with Gasteiger partial charge in [0.15, 0.2) is 0 Å². The zero-order valence-electron chi connectivity index (χ0n) is 7.60. The maximum absolute atomic E-state index is 9.52. The van der Waals surface area contributed by atoms with E-state index in [1.165, 1.54) is 7.11 Å². The topological polar surface area (TPSA) is 58.9 Å². The molecule has 1 heterocycles. The first-order valence-corrected chi connectivity index (χ1v) is 4.12. The molecule has 0 unspecified atom stereocenters. The molecular weight excluding hydrogens is 160 g/mol. The Balaban J connectivity index is 2.65. The number of hydrogen-bond donors (Lipinski definition) is 2. The number of ether oxygens (including phenoxy) is 2. The van der Waals surface area contributed by atoms with Crippen molar-refractivity contribution in [1.82, 2.24) is 0 Å². The molecule has 72 valence electrons. The Hall–Kier alpha value is -0.160. The Morgan fingerprint density at radius 2 is 1.67 bits per heavy atom.